The number of amides is 4. The molecule has 0 radical (unpaired) electrons. The van der Waals surface area contributed by atoms with Crippen LogP contribution in [-0.2, 0) is 32.2 Å². The summed E-state index contributed by atoms with van der Waals surface area (Å²) in [6, 6.07) is 30.3. The number of para-hydroxylation sites is 1. The Morgan fingerprint density at radius 2 is 1.49 bits per heavy atom. The van der Waals surface area contributed by atoms with E-state index in [0.717, 1.165) is 16.7 Å². The summed E-state index contributed by atoms with van der Waals surface area (Å²) >= 11 is 0. The van der Waals surface area contributed by atoms with Crippen LogP contribution < -0.4 is 9.64 Å². The molecule has 2 saturated heterocycles. The van der Waals surface area contributed by atoms with Gasteiger partial charge in [0.15, 0.2) is 0 Å². The van der Waals surface area contributed by atoms with Gasteiger partial charge < -0.3 is 14.9 Å². The van der Waals surface area contributed by atoms with Crippen LogP contribution in [0.3, 0.4) is 0 Å². The molecule has 0 aromatic heterocycles. The van der Waals surface area contributed by atoms with Gasteiger partial charge >= 0.3 is 0 Å². The molecule has 4 amide bonds. The fourth-order valence-electron chi connectivity index (χ4n) is 8.97. The maximum absolute atomic E-state index is 14.6. The van der Waals surface area contributed by atoms with Gasteiger partial charge in [0.2, 0.25) is 23.6 Å². The van der Waals surface area contributed by atoms with E-state index in [9.17, 15) is 29.4 Å². The lowest BCUT2D eigenvalue weighted by molar-refractivity contribution is -0.140. The largest absolute Gasteiger partial charge is 0.508 e. The Labute approximate surface area is 295 Å². The number of imide groups is 2. The molecule has 2 aliphatic carbocycles. The number of carbonyl (C=O) groups excluding carboxylic acids is 4. The van der Waals surface area contributed by atoms with E-state index < -0.39 is 35.0 Å². The molecule has 9 heteroatoms. The van der Waals surface area contributed by atoms with Gasteiger partial charge in [-0.25, -0.2) is 4.90 Å². The van der Waals surface area contributed by atoms with E-state index in [-0.39, 0.29) is 48.1 Å². The molecule has 258 valence electrons. The van der Waals surface area contributed by atoms with Crippen LogP contribution in [0, 0.1) is 29.1 Å². The first-order chi connectivity index (χ1) is 24.7. The van der Waals surface area contributed by atoms with Crippen molar-refractivity contribution in [1.29, 1.82) is 0 Å². The van der Waals surface area contributed by atoms with Gasteiger partial charge in [0.1, 0.15) is 23.9 Å². The van der Waals surface area contributed by atoms with E-state index in [1.807, 2.05) is 42.5 Å². The number of hydrogen-bond donors (Lipinski definition) is 2. The van der Waals surface area contributed by atoms with Crippen molar-refractivity contribution in [3.8, 4) is 17.2 Å². The van der Waals surface area contributed by atoms with Gasteiger partial charge in [-0.1, -0.05) is 78.4 Å². The minimum Gasteiger partial charge on any atom is -0.508 e. The number of likely N-dealkylation sites (tertiary alicyclic amines) is 1. The second kappa shape index (κ2) is 12.6. The number of hydrogen-bond acceptors (Lipinski definition) is 7. The number of rotatable bonds is 8. The van der Waals surface area contributed by atoms with Gasteiger partial charge in [0.25, 0.3) is 0 Å². The highest BCUT2D eigenvalue weighted by molar-refractivity contribution is 6.24. The SMILES string of the molecule is C[C@@]12C(=O)N(c3ccccc3)C(=O)[C@@H]1C[C@@H]1C(=CC[C@@H]3C(=O)N(CCc4ccc(O)cc4)C(=O)[C@@H]31)[C@@H]2c1ccc(OCc2ccccc2)cc1O. The summed E-state index contributed by atoms with van der Waals surface area (Å²) in [7, 11) is 0. The zero-order valence-corrected chi connectivity index (χ0v) is 28.1. The van der Waals surface area contributed by atoms with Crippen molar-refractivity contribution in [3.05, 3.63) is 131 Å². The Morgan fingerprint density at radius 3 is 2.20 bits per heavy atom. The topological polar surface area (TPSA) is 124 Å². The number of carbonyl (C=O) groups is 4. The Morgan fingerprint density at radius 1 is 0.784 bits per heavy atom. The molecule has 1 saturated carbocycles. The van der Waals surface area contributed by atoms with Crippen molar-refractivity contribution in [2.24, 2.45) is 29.1 Å². The monoisotopic (exact) mass is 682 g/mol. The predicted molar refractivity (Wildman–Crippen MR) is 188 cm³/mol. The van der Waals surface area contributed by atoms with Gasteiger partial charge in [-0.05, 0) is 73.6 Å². The maximum atomic E-state index is 14.6. The van der Waals surface area contributed by atoms with Crippen LogP contribution in [0.2, 0.25) is 0 Å². The molecular formula is C42H38N2O7. The van der Waals surface area contributed by atoms with Gasteiger partial charge in [0, 0.05) is 24.1 Å². The summed E-state index contributed by atoms with van der Waals surface area (Å²) in [5.74, 6) is -3.95. The van der Waals surface area contributed by atoms with Crippen LogP contribution in [0.15, 0.2) is 115 Å². The molecule has 3 fully saturated rings. The molecule has 8 rings (SSSR count). The maximum Gasteiger partial charge on any atom is 0.241 e. The summed E-state index contributed by atoms with van der Waals surface area (Å²) in [5.41, 5.74) is 2.34. The Kier molecular flexibility index (Phi) is 8.01. The number of nitrogens with zero attached hydrogens (tertiary/aromatic N) is 2. The molecule has 0 spiro atoms. The summed E-state index contributed by atoms with van der Waals surface area (Å²) in [5, 5.41) is 21.3. The summed E-state index contributed by atoms with van der Waals surface area (Å²) < 4.78 is 6.00. The number of anilines is 1. The second-order valence-electron chi connectivity index (χ2n) is 14.2. The van der Waals surface area contributed by atoms with Crippen molar-refractivity contribution >= 4 is 29.3 Å². The minimum absolute atomic E-state index is 0.0723. The van der Waals surface area contributed by atoms with Crippen molar-refractivity contribution < 1.29 is 34.1 Å². The lowest BCUT2D eigenvalue weighted by Crippen LogP contribution is -2.48. The minimum atomic E-state index is -1.27. The fourth-order valence-corrected chi connectivity index (χ4v) is 8.97. The third-order valence-electron chi connectivity index (χ3n) is 11.5. The summed E-state index contributed by atoms with van der Waals surface area (Å²) in [6.07, 6.45) is 2.97. The van der Waals surface area contributed by atoms with Gasteiger partial charge in [-0.3, -0.25) is 24.1 Å². The van der Waals surface area contributed by atoms with Crippen molar-refractivity contribution in [2.45, 2.75) is 38.7 Å². The lowest BCUT2D eigenvalue weighted by atomic mass is 9.51. The number of fused-ring (bicyclic) bond motifs is 4. The molecule has 6 atom stereocenters. The third-order valence-corrected chi connectivity index (χ3v) is 11.5. The predicted octanol–water partition coefficient (Wildman–Crippen LogP) is 6.15. The fraction of sp³-hybridized carbons (Fsp3) is 0.286. The number of ether oxygens (including phenoxy) is 1. The van der Waals surface area contributed by atoms with Crippen LogP contribution in [0.25, 0.3) is 0 Å². The lowest BCUT2D eigenvalue weighted by Gasteiger charge is -2.49. The molecule has 0 bridgehead atoms. The number of allylic oxidation sites excluding steroid dienone is 2. The van der Waals surface area contributed by atoms with Crippen molar-refractivity contribution in [3.63, 3.8) is 0 Å². The van der Waals surface area contributed by atoms with E-state index in [4.69, 9.17) is 4.74 Å². The highest BCUT2D eigenvalue weighted by Gasteiger charge is 2.67. The molecule has 4 aromatic rings. The molecule has 4 aliphatic rings. The molecule has 0 unspecified atom stereocenters. The average Bonchev–Trinajstić information content (AvgIpc) is 3.50. The Hall–Kier alpha value is -5.70. The smallest absolute Gasteiger partial charge is 0.241 e. The first-order valence-corrected chi connectivity index (χ1v) is 17.4. The zero-order valence-electron chi connectivity index (χ0n) is 28.1. The summed E-state index contributed by atoms with van der Waals surface area (Å²) in [6.45, 7) is 2.31. The first kappa shape index (κ1) is 32.5. The van der Waals surface area contributed by atoms with Crippen molar-refractivity contribution in [1.82, 2.24) is 4.90 Å². The summed E-state index contributed by atoms with van der Waals surface area (Å²) in [4.78, 5) is 59.6. The van der Waals surface area contributed by atoms with Crippen LogP contribution >= 0.6 is 0 Å². The normalized spacial score (nSPS) is 26.8. The Balaban J connectivity index is 1.16. The van der Waals surface area contributed by atoms with E-state index in [1.165, 1.54) is 15.9 Å². The Bertz CT molecular complexity index is 2060. The molecule has 4 aromatic carbocycles. The average molecular weight is 683 g/mol. The number of phenolic OH excluding ortho intramolecular Hbond substituents is 2. The van der Waals surface area contributed by atoms with E-state index in [2.05, 4.69) is 0 Å². The highest BCUT2D eigenvalue weighted by Crippen LogP contribution is 2.64. The number of benzene rings is 4. The van der Waals surface area contributed by atoms with Crippen LogP contribution in [0.4, 0.5) is 5.69 Å². The van der Waals surface area contributed by atoms with E-state index in [1.54, 1.807) is 67.6 Å². The molecule has 2 N–H and O–H groups in total. The molecule has 9 nitrogen and oxygen atoms in total. The quantitative estimate of drug-likeness (QED) is 0.169. The molecule has 51 heavy (non-hydrogen) atoms. The van der Waals surface area contributed by atoms with Crippen LogP contribution in [0.5, 0.6) is 17.2 Å². The van der Waals surface area contributed by atoms with Crippen LogP contribution in [-0.4, -0.2) is 45.3 Å². The zero-order chi connectivity index (χ0) is 35.4. The molecule has 2 aliphatic heterocycles. The second-order valence-corrected chi connectivity index (χ2v) is 14.2. The standard InChI is InChI=1S/C42H38N2O7/c1-42-34(39(48)44(41(42)50)27-10-6-3-7-11-27)23-33-30(37(42)31-17-16-29(22-35(31)46)51-24-26-8-4-2-5-9-26)18-19-32-36(33)40(49)43(38(32)47)21-20-25-12-14-28(45)15-13-25/h2-18,22,32-34,36-37,45-46H,19-21,23-24H2,1H3/t32-,33+,34-,36-,37+,42+/m0/s1. The number of phenols is 2. The molecular weight excluding hydrogens is 644 g/mol. The van der Waals surface area contributed by atoms with E-state index >= 15 is 0 Å². The van der Waals surface area contributed by atoms with Gasteiger partial charge in [0.05, 0.1) is 28.9 Å². The first-order valence-electron chi connectivity index (χ1n) is 17.4. The van der Waals surface area contributed by atoms with Gasteiger partial charge in [-0.15, -0.1) is 0 Å². The highest BCUT2D eigenvalue weighted by atomic mass is 16.5. The molecule has 2 heterocycles. The third kappa shape index (κ3) is 5.30. The number of aromatic hydroxyl groups is 2. The van der Waals surface area contributed by atoms with Crippen LogP contribution in [0.1, 0.15) is 42.4 Å². The van der Waals surface area contributed by atoms with E-state index in [0.29, 0.717) is 36.4 Å². The van der Waals surface area contributed by atoms with Gasteiger partial charge in [-0.2, -0.15) is 0 Å². The van der Waals surface area contributed by atoms with Crippen molar-refractivity contribution in [2.75, 3.05) is 11.4 Å².